The van der Waals surface area contributed by atoms with Gasteiger partial charge in [-0.25, -0.2) is 9.18 Å². The van der Waals surface area contributed by atoms with Crippen molar-refractivity contribution in [1.29, 1.82) is 0 Å². The number of carbonyl (C=O) groups excluding carboxylic acids is 1. The molecule has 1 atom stereocenters. The topological polar surface area (TPSA) is 32.3 Å². The van der Waals surface area contributed by atoms with E-state index in [4.69, 9.17) is 0 Å². The van der Waals surface area contributed by atoms with E-state index in [-0.39, 0.29) is 17.9 Å². The normalized spacial score (nSPS) is 18.0. The molecule has 1 aromatic heterocycles. The molecule has 2 aromatic rings. The van der Waals surface area contributed by atoms with Crippen molar-refractivity contribution < 1.29 is 9.18 Å². The lowest BCUT2D eigenvalue weighted by Crippen LogP contribution is -2.39. The van der Waals surface area contributed by atoms with Crippen LogP contribution >= 0.6 is 11.3 Å². The van der Waals surface area contributed by atoms with Crippen molar-refractivity contribution in [2.24, 2.45) is 0 Å². The summed E-state index contributed by atoms with van der Waals surface area (Å²) in [6.45, 7) is 1.26. The number of thiophene rings is 1. The second-order valence-electron chi connectivity index (χ2n) is 5.14. The van der Waals surface area contributed by atoms with Crippen molar-refractivity contribution in [3.8, 4) is 0 Å². The number of amides is 2. The molecular weight excluding hydrogens is 287 g/mol. The minimum Gasteiger partial charge on any atom is -0.333 e. The first kappa shape index (κ1) is 14.1. The van der Waals surface area contributed by atoms with Crippen LogP contribution in [0.1, 0.15) is 29.3 Å². The van der Waals surface area contributed by atoms with Crippen molar-refractivity contribution in [3.63, 3.8) is 0 Å². The lowest BCUT2D eigenvalue weighted by atomic mass is 10.0. The molecule has 3 nitrogen and oxygen atoms in total. The molecule has 110 valence electrons. The van der Waals surface area contributed by atoms with E-state index in [1.165, 1.54) is 12.1 Å². The number of hydrogen-bond donors (Lipinski definition) is 1. The average molecular weight is 304 g/mol. The molecule has 1 saturated heterocycles. The Morgan fingerprint density at radius 1 is 1.38 bits per heavy atom. The molecule has 2 heterocycles. The van der Waals surface area contributed by atoms with Crippen LogP contribution in [0.2, 0.25) is 0 Å². The maximum Gasteiger partial charge on any atom is 0.318 e. The molecule has 1 aliphatic heterocycles. The van der Waals surface area contributed by atoms with Crippen LogP contribution in [-0.2, 0) is 6.54 Å². The van der Waals surface area contributed by atoms with Gasteiger partial charge in [0.1, 0.15) is 5.82 Å². The van der Waals surface area contributed by atoms with Crippen LogP contribution in [0.3, 0.4) is 0 Å². The van der Waals surface area contributed by atoms with Gasteiger partial charge >= 0.3 is 6.03 Å². The first-order valence-electron chi connectivity index (χ1n) is 7.06. The third-order valence-electron chi connectivity index (χ3n) is 3.74. The molecule has 21 heavy (non-hydrogen) atoms. The number of carbonyl (C=O) groups is 1. The molecule has 0 aliphatic carbocycles. The maximum atomic E-state index is 13.4. The van der Waals surface area contributed by atoms with Crippen molar-refractivity contribution in [2.45, 2.75) is 25.4 Å². The number of likely N-dealkylation sites (tertiary alicyclic amines) is 1. The minimum atomic E-state index is -0.252. The van der Waals surface area contributed by atoms with Gasteiger partial charge in [0.2, 0.25) is 0 Å². The summed E-state index contributed by atoms with van der Waals surface area (Å²) < 4.78 is 13.4. The van der Waals surface area contributed by atoms with E-state index in [0.29, 0.717) is 6.54 Å². The molecule has 0 bridgehead atoms. The fraction of sp³-hybridized carbons (Fsp3) is 0.312. The third kappa shape index (κ3) is 3.24. The highest BCUT2D eigenvalue weighted by Crippen LogP contribution is 2.32. The zero-order valence-electron chi connectivity index (χ0n) is 11.6. The fourth-order valence-corrected chi connectivity index (χ4v) is 3.39. The predicted octanol–water partition coefficient (Wildman–Crippen LogP) is 3.93. The minimum absolute atomic E-state index is 0.0240. The van der Waals surface area contributed by atoms with E-state index in [0.717, 1.165) is 29.8 Å². The summed E-state index contributed by atoms with van der Waals surface area (Å²) in [4.78, 5) is 15.3. The van der Waals surface area contributed by atoms with Crippen LogP contribution in [0, 0.1) is 5.82 Å². The molecule has 0 saturated carbocycles. The summed E-state index contributed by atoms with van der Waals surface area (Å²) in [5.74, 6) is -0.252. The number of benzene rings is 1. The Morgan fingerprint density at radius 3 is 3.05 bits per heavy atom. The molecule has 0 radical (unpaired) electrons. The Morgan fingerprint density at radius 2 is 2.29 bits per heavy atom. The largest absolute Gasteiger partial charge is 0.333 e. The summed E-state index contributed by atoms with van der Waals surface area (Å²) >= 11 is 1.62. The number of nitrogens with zero attached hydrogens (tertiary/aromatic N) is 1. The Hall–Kier alpha value is -1.88. The standard InChI is InChI=1S/C16H17FN2OS/c17-13-5-1-4-12(10-13)15-7-2-8-19(15)16(20)18-11-14-6-3-9-21-14/h1,3-6,9-10,15H,2,7-8,11H2,(H,18,20). The summed E-state index contributed by atoms with van der Waals surface area (Å²) in [6, 6.07) is 10.4. The van der Waals surface area contributed by atoms with E-state index >= 15 is 0 Å². The van der Waals surface area contributed by atoms with Crippen molar-refractivity contribution >= 4 is 17.4 Å². The fourth-order valence-electron chi connectivity index (χ4n) is 2.75. The Labute approximate surface area is 127 Å². The molecule has 1 N–H and O–H groups in total. The molecular formula is C16H17FN2OS. The smallest absolute Gasteiger partial charge is 0.318 e. The summed E-state index contributed by atoms with van der Waals surface area (Å²) in [5.41, 5.74) is 0.874. The van der Waals surface area contributed by atoms with Crippen molar-refractivity contribution in [1.82, 2.24) is 10.2 Å². The molecule has 2 amide bonds. The Balaban J connectivity index is 1.67. The number of urea groups is 1. The number of rotatable bonds is 3. The van der Waals surface area contributed by atoms with Gasteiger partial charge in [-0.1, -0.05) is 18.2 Å². The van der Waals surface area contributed by atoms with Crippen molar-refractivity contribution in [2.75, 3.05) is 6.54 Å². The second kappa shape index (κ2) is 6.26. The SMILES string of the molecule is O=C(NCc1cccs1)N1CCCC1c1cccc(F)c1. The van der Waals surface area contributed by atoms with E-state index in [9.17, 15) is 9.18 Å². The van der Waals surface area contributed by atoms with E-state index in [2.05, 4.69) is 5.32 Å². The molecule has 5 heteroatoms. The average Bonchev–Trinajstić information content (AvgIpc) is 3.16. The van der Waals surface area contributed by atoms with Gasteiger partial charge in [-0.15, -0.1) is 11.3 Å². The highest BCUT2D eigenvalue weighted by molar-refractivity contribution is 7.09. The molecule has 1 aromatic carbocycles. The number of hydrogen-bond acceptors (Lipinski definition) is 2. The van der Waals surface area contributed by atoms with Gasteiger partial charge in [0.25, 0.3) is 0 Å². The van der Waals surface area contributed by atoms with Gasteiger partial charge in [0.15, 0.2) is 0 Å². The van der Waals surface area contributed by atoms with Crippen LogP contribution in [0.5, 0.6) is 0 Å². The van der Waals surface area contributed by atoms with Gasteiger partial charge in [-0.05, 0) is 42.0 Å². The first-order chi connectivity index (χ1) is 10.2. The summed E-state index contributed by atoms with van der Waals surface area (Å²) in [5, 5.41) is 4.94. The van der Waals surface area contributed by atoms with Crippen LogP contribution in [0.15, 0.2) is 41.8 Å². The van der Waals surface area contributed by atoms with Crippen LogP contribution in [0.25, 0.3) is 0 Å². The van der Waals surface area contributed by atoms with E-state index < -0.39 is 0 Å². The molecule has 3 rings (SSSR count). The lowest BCUT2D eigenvalue weighted by Gasteiger charge is -2.25. The van der Waals surface area contributed by atoms with Gasteiger partial charge in [0, 0.05) is 11.4 Å². The zero-order valence-corrected chi connectivity index (χ0v) is 12.4. The second-order valence-corrected chi connectivity index (χ2v) is 6.18. The Bertz CT molecular complexity index is 614. The van der Waals surface area contributed by atoms with Crippen LogP contribution < -0.4 is 5.32 Å². The number of halogens is 1. The highest BCUT2D eigenvalue weighted by atomic mass is 32.1. The highest BCUT2D eigenvalue weighted by Gasteiger charge is 2.29. The number of nitrogens with one attached hydrogen (secondary N) is 1. The van der Waals surface area contributed by atoms with Gasteiger partial charge in [-0.2, -0.15) is 0 Å². The maximum absolute atomic E-state index is 13.4. The van der Waals surface area contributed by atoms with Gasteiger partial charge < -0.3 is 10.2 Å². The summed E-state index contributed by atoms with van der Waals surface area (Å²) in [6.07, 6.45) is 1.84. The summed E-state index contributed by atoms with van der Waals surface area (Å²) in [7, 11) is 0. The quantitative estimate of drug-likeness (QED) is 0.915. The zero-order chi connectivity index (χ0) is 14.7. The van der Waals surface area contributed by atoms with Gasteiger partial charge in [-0.3, -0.25) is 0 Å². The van der Waals surface area contributed by atoms with E-state index in [1.807, 2.05) is 28.5 Å². The monoisotopic (exact) mass is 304 g/mol. The first-order valence-corrected chi connectivity index (χ1v) is 7.94. The molecule has 0 spiro atoms. The molecule has 1 aliphatic rings. The van der Waals surface area contributed by atoms with Crippen molar-refractivity contribution in [3.05, 3.63) is 58.0 Å². The predicted molar refractivity (Wildman–Crippen MR) is 81.6 cm³/mol. The molecule has 1 fully saturated rings. The van der Waals surface area contributed by atoms with Crippen LogP contribution in [-0.4, -0.2) is 17.5 Å². The van der Waals surface area contributed by atoms with E-state index in [1.54, 1.807) is 17.4 Å². The van der Waals surface area contributed by atoms with Crippen LogP contribution in [0.4, 0.5) is 9.18 Å². The van der Waals surface area contributed by atoms with Gasteiger partial charge in [0.05, 0.1) is 12.6 Å². The Kier molecular flexibility index (Phi) is 4.20. The molecule has 1 unspecified atom stereocenters. The lowest BCUT2D eigenvalue weighted by molar-refractivity contribution is 0.192. The third-order valence-corrected chi connectivity index (χ3v) is 4.62.